The zero-order chi connectivity index (χ0) is 14.2. The molecule has 5 heteroatoms. The van der Waals surface area contributed by atoms with E-state index in [9.17, 15) is 5.11 Å². The minimum absolute atomic E-state index is 0.423. The molecule has 0 bridgehead atoms. The third-order valence-corrected chi connectivity index (χ3v) is 3.51. The molecule has 0 aromatic heterocycles. The molecule has 1 aromatic rings. The lowest BCUT2D eigenvalue weighted by Crippen LogP contribution is -2.46. The Morgan fingerprint density at radius 2 is 2.05 bits per heavy atom. The van der Waals surface area contributed by atoms with Gasteiger partial charge in [-0.05, 0) is 18.4 Å². The number of nitrogens with zero attached hydrogens (tertiary/aromatic N) is 1. The van der Waals surface area contributed by atoms with E-state index in [0.717, 1.165) is 31.5 Å². The van der Waals surface area contributed by atoms with E-state index < -0.39 is 6.41 Å². The van der Waals surface area contributed by atoms with Crippen molar-refractivity contribution in [1.29, 1.82) is 0 Å². The molecule has 0 aliphatic carbocycles. The molecule has 0 radical (unpaired) electrons. The van der Waals surface area contributed by atoms with Crippen LogP contribution < -0.4 is 11.1 Å². The molecule has 0 amide bonds. The van der Waals surface area contributed by atoms with Gasteiger partial charge >= 0.3 is 0 Å². The lowest BCUT2D eigenvalue weighted by atomic mass is 10.1. The Hall–Kier alpha value is -1.56. The molecule has 0 spiro atoms. The first-order valence-electron chi connectivity index (χ1n) is 7.00. The summed E-state index contributed by atoms with van der Waals surface area (Å²) >= 11 is 0. The molecule has 1 atom stereocenters. The number of benzene rings is 1. The lowest BCUT2D eigenvalue weighted by molar-refractivity contribution is -0.204. The molecule has 1 aromatic carbocycles. The van der Waals surface area contributed by atoms with Gasteiger partial charge in [0.05, 0.1) is 6.61 Å². The number of aliphatic hydroxyl groups is 1. The minimum Gasteiger partial charge on any atom is -0.403 e. The maximum Gasteiger partial charge on any atom is 0.216 e. The standard InChI is InChI=1S/C15H23N3O2/c16-8-9-17-14-6-10-18(11-7-14)15(19)20-12-13-4-2-1-3-5-13/h1-5,8-9,14-15,17,19H,6-7,10-12,16H2/b9-8-. The molecule has 2 rings (SSSR count). The molecular formula is C15H23N3O2. The summed E-state index contributed by atoms with van der Waals surface area (Å²) in [7, 11) is 0. The van der Waals surface area contributed by atoms with Gasteiger partial charge in [-0.3, -0.25) is 4.90 Å². The van der Waals surface area contributed by atoms with Crippen LogP contribution in [0.4, 0.5) is 0 Å². The van der Waals surface area contributed by atoms with Crippen LogP contribution in [-0.2, 0) is 11.3 Å². The average Bonchev–Trinajstić information content (AvgIpc) is 2.52. The third kappa shape index (κ3) is 4.52. The number of hydrogen-bond donors (Lipinski definition) is 3. The molecule has 1 aliphatic rings. The van der Waals surface area contributed by atoms with E-state index in [4.69, 9.17) is 10.5 Å². The fraction of sp³-hybridized carbons (Fsp3) is 0.467. The first-order chi connectivity index (χ1) is 9.79. The van der Waals surface area contributed by atoms with Gasteiger partial charge in [0.1, 0.15) is 0 Å². The number of aliphatic hydroxyl groups excluding tert-OH is 1. The number of ether oxygens (including phenoxy) is 1. The molecule has 1 fully saturated rings. The van der Waals surface area contributed by atoms with Gasteiger partial charge in [0, 0.05) is 31.5 Å². The van der Waals surface area contributed by atoms with Crippen LogP contribution in [0.3, 0.4) is 0 Å². The summed E-state index contributed by atoms with van der Waals surface area (Å²) < 4.78 is 5.51. The van der Waals surface area contributed by atoms with Gasteiger partial charge in [-0.2, -0.15) is 0 Å². The first kappa shape index (κ1) is 14.8. The molecule has 0 saturated carbocycles. The Morgan fingerprint density at radius 1 is 1.35 bits per heavy atom. The van der Waals surface area contributed by atoms with Crippen molar-refractivity contribution in [3.8, 4) is 0 Å². The van der Waals surface area contributed by atoms with Gasteiger partial charge in [0.15, 0.2) is 0 Å². The maximum atomic E-state index is 10.0. The summed E-state index contributed by atoms with van der Waals surface area (Å²) in [5.74, 6) is 0. The van der Waals surface area contributed by atoms with E-state index in [1.54, 1.807) is 6.20 Å². The smallest absolute Gasteiger partial charge is 0.216 e. The van der Waals surface area contributed by atoms with Crippen molar-refractivity contribution >= 4 is 0 Å². The minimum atomic E-state index is -0.832. The summed E-state index contributed by atoms with van der Waals surface area (Å²) in [6.07, 6.45) is 4.38. The van der Waals surface area contributed by atoms with Crippen LogP contribution >= 0.6 is 0 Å². The fourth-order valence-corrected chi connectivity index (χ4v) is 2.33. The zero-order valence-corrected chi connectivity index (χ0v) is 11.6. The molecule has 1 heterocycles. The molecule has 5 nitrogen and oxygen atoms in total. The quantitative estimate of drug-likeness (QED) is 0.676. The summed E-state index contributed by atoms with van der Waals surface area (Å²) in [6.45, 7) is 2.05. The van der Waals surface area contributed by atoms with Crippen LogP contribution in [0.25, 0.3) is 0 Å². The van der Waals surface area contributed by atoms with Gasteiger partial charge in [-0.25, -0.2) is 0 Å². The van der Waals surface area contributed by atoms with E-state index in [-0.39, 0.29) is 0 Å². The van der Waals surface area contributed by atoms with Crippen molar-refractivity contribution in [3.63, 3.8) is 0 Å². The van der Waals surface area contributed by atoms with Crippen LogP contribution in [0.15, 0.2) is 42.7 Å². The van der Waals surface area contributed by atoms with Gasteiger partial charge in [-0.15, -0.1) is 0 Å². The molecule has 1 saturated heterocycles. The predicted molar refractivity (Wildman–Crippen MR) is 78.3 cm³/mol. The van der Waals surface area contributed by atoms with Crippen molar-refractivity contribution in [1.82, 2.24) is 10.2 Å². The average molecular weight is 277 g/mol. The zero-order valence-electron chi connectivity index (χ0n) is 11.6. The topological polar surface area (TPSA) is 70.8 Å². The highest BCUT2D eigenvalue weighted by Crippen LogP contribution is 2.14. The van der Waals surface area contributed by atoms with Gasteiger partial charge in [0.25, 0.3) is 0 Å². The number of nitrogens with two attached hydrogens (primary N) is 1. The monoisotopic (exact) mass is 277 g/mol. The van der Waals surface area contributed by atoms with Crippen LogP contribution in [0.1, 0.15) is 18.4 Å². The molecule has 110 valence electrons. The first-order valence-corrected chi connectivity index (χ1v) is 7.00. The highest BCUT2D eigenvalue weighted by atomic mass is 16.6. The van der Waals surface area contributed by atoms with Crippen molar-refractivity contribution in [2.24, 2.45) is 5.73 Å². The Kier molecular flexibility index (Phi) is 5.86. The number of piperidine rings is 1. The molecule has 1 unspecified atom stereocenters. The van der Waals surface area contributed by atoms with Crippen LogP contribution in [0.2, 0.25) is 0 Å². The number of rotatable bonds is 6. The highest BCUT2D eigenvalue weighted by molar-refractivity contribution is 5.13. The number of nitrogens with one attached hydrogen (secondary N) is 1. The van der Waals surface area contributed by atoms with Crippen molar-refractivity contribution in [2.45, 2.75) is 31.9 Å². The lowest BCUT2D eigenvalue weighted by Gasteiger charge is -2.34. The molecular weight excluding hydrogens is 254 g/mol. The Labute approximate surface area is 120 Å². The normalized spacial score (nSPS) is 19.2. The van der Waals surface area contributed by atoms with Crippen molar-refractivity contribution in [2.75, 3.05) is 13.1 Å². The van der Waals surface area contributed by atoms with E-state index in [1.807, 2.05) is 35.2 Å². The van der Waals surface area contributed by atoms with Crippen molar-refractivity contribution < 1.29 is 9.84 Å². The van der Waals surface area contributed by atoms with E-state index in [0.29, 0.717) is 12.6 Å². The Bertz CT molecular complexity index is 403. The second-order valence-electron chi connectivity index (χ2n) is 4.96. The summed E-state index contributed by atoms with van der Waals surface area (Å²) in [5.41, 5.74) is 6.37. The van der Waals surface area contributed by atoms with Gasteiger partial charge in [-0.1, -0.05) is 30.3 Å². The van der Waals surface area contributed by atoms with Crippen LogP contribution in [-0.4, -0.2) is 35.6 Å². The molecule has 1 aliphatic heterocycles. The van der Waals surface area contributed by atoms with E-state index >= 15 is 0 Å². The summed E-state index contributed by atoms with van der Waals surface area (Å²) in [4.78, 5) is 1.95. The third-order valence-electron chi connectivity index (χ3n) is 3.51. The molecule has 4 N–H and O–H groups in total. The van der Waals surface area contributed by atoms with E-state index in [1.165, 1.54) is 6.20 Å². The van der Waals surface area contributed by atoms with Crippen LogP contribution in [0, 0.1) is 0 Å². The second-order valence-corrected chi connectivity index (χ2v) is 4.96. The largest absolute Gasteiger partial charge is 0.403 e. The predicted octanol–water partition coefficient (Wildman–Crippen LogP) is 0.963. The Balaban J connectivity index is 1.70. The SMILES string of the molecule is N/C=C\NC1CCN(C(O)OCc2ccccc2)CC1. The van der Waals surface area contributed by atoms with Crippen LogP contribution in [0.5, 0.6) is 0 Å². The summed E-state index contributed by atoms with van der Waals surface area (Å²) in [5, 5.41) is 13.3. The van der Waals surface area contributed by atoms with Crippen molar-refractivity contribution in [3.05, 3.63) is 48.3 Å². The second kappa shape index (κ2) is 7.89. The fourth-order valence-electron chi connectivity index (χ4n) is 2.33. The van der Waals surface area contributed by atoms with E-state index in [2.05, 4.69) is 5.32 Å². The summed E-state index contributed by atoms with van der Waals surface area (Å²) in [6, 6.07) is 10.3. The Morgan fingerprint density at radius 3 is 2.70 bits per heavy atom. The maximum absolute atomic E-state index is 10.0. The van der Waals surface area contributed by atoms with Gasteiger partial charge in [0.2, 0.25) is 6.41 Å². The number of likely N-dealkylation sites (tertiary alicyclic amines) is 1. The molecule has 20 heavy (non-hydrogen) atoms. The van der Waals surface area contributed by atoms with Gasteiger partial charge < -0.3 is 20.9 Å². The number of hydrogen-bond acceptors (Lipinski definition) is 5. The highest BCUT2D eigenvalue weighted by Gasteiger charge is 2.23.